The van der Waals surface area contributed by atoms with Gasteiger partial charge >= 0.3 is 0 Å². The molecule has 0 bridgehead atoms. The minimum absolute atomic E-state index is 0.0183. The van der Waals surface area contributed by atoms with Crippen molar-refractivity contribution in [1.82, 2.24) is 9.21 Å². The second kappa shape index (κ2) is 7.35. The Morgan fingerprint density at radius 1 is 1.15 bits per heavy atom. The topological polar surface area (TPSA) is 66.9 Å². The molecule has 1 amide bonds. The van der Waals surface area contributed by atoms with Gasteiger partial charge in [-0.05, 0) is 36.1 Å². The fraction of sp³-hybridized carbons (Fsp3) is 0.421. The van der Waals surface area contributed by atoms with Gasteiger partial charge in [-0.2, -0.15) is 4.31 Å². The maximum absolute atomic E-state index is 13.0. The molecule has 0 radical (unpaired) electrons. The van der Waals surface area contributed by atoms with Crippen LogP contribution in [0.4, 0.5) is 0 Å². The molecule has 0 spiro atoms. The molecule has 2 aromatic rings. The van der Waals surface area contributed by atoms with Gasteiger partial charge < -0.3 is 9.64 Å². The first-order chi connectivity index (χ1) is 13.0. The highest BCUT2D eigenvalue weighted by molar-refractivity contribution is 7.91. The van der Waals surface area contributed by atoms with Gasteiger partial charge in [0, 0.05) is 37.7 Å². The zero-order chi connectivity index (χ0) is 19.0. The van der Waals surface area contributed by atoms with E-state index in [9.17, 15) is 13.2 Å². The van der Waals surface area contributed by atoms with Crippen molar-refractivity contribution in [1.29, 1.82) is 0 Å². The molecule has 6 nitrogen and oxygen atoms in total. The molecule has 144 valence electrons. The third-order valence-corrected chi connectivity index (χ3v) is 8.69. The third kappa shape index (κ3) is 3.54. The average molecular weight is 407 g/mol. The first-order valence-corrected chi connectivity index (χ1v) is 11.3. The van der Waals surface area contributed by atoms with Crippen LogP contribution < -0.4 is 0 Å². The second-order valence-corrected chi connectivity index (χ2v) is 10.0. The first kappa shape index (κ1) is 18.6. The quantitative estimate of drug-likeness (QED) is 0.784. The lowest BCUT2D eigenvalue weighted by Crippen LogP contribution is -2.38. The number of nitrogens with zero attached hydrogens (tertiary/aromatic N) is 2. The highest BCUT2D eigenvalue weighted by Gasteiger charge is 2.43. The summed E-state index contributed by atoms with van der Waals surface area (Å²) in [6, 6.07) is 11.0. The lowest BCUT2D eigenvalue weighted by Gasteiger charge is -2.23. The highest BCUT2D eigenvalue weighted by atomic mass is 32.2. The van der Waals surface area contributed by atoms with Crippen molar-refractivity contribution < 1.29 is 17.9 Å². The zero-order valence-corrected chi connectivity index (χ0v) is 16.7. The van der Waals surface area contributed by atoms with Crippen molar-refractivity contribution in [2.24, 2.45) is 5.92 Å². The second-order valence-electron chi connectivity index (χ2n) is 7.00. The summed E-state index contributed by atoms with van der Waals surface area (Å²) in [4.78, 5) is 14.6. The third-order valence-electron chi connectivity index (χ3n) is 5.19. The van der Waals surface area contributed by atoms with Crippen LogP contribution in [-0.4, -0.2) is 62.4 Å². The smallest absolute Gasteiger partial charge is 0.253 e. The number of hydrogen-bond donors (Lipinski definition) is 0. The Morgan fingerprint density at radius 3 is 2.63 bits per heavy atom. The summed E-state index contributed by atoms with van der Waals surface area (Å²) < 4.78 is 33.8. The standard InChI is InChI=1S/C19H22N2O4S2/c1-14-7-10-26-19(14)27(23,24)21-12-16-11-20(8-9-25-17(16)13-21)18(22)15-5-3-2-4-6-15/h2-7,10,16-17H,8-9,11-13H2,1H3/t16-,17+/m0/s1. The molecular weight excluding hydrogens is 384 g/mol. The molecule has 4 rings (SSSR count). The van der Waals surface area contributed by atoms with E-state index in [0.29, 0.717) is 42.6 Å². The Hall–Kier alpha value is -1.74. The van der Waals surface area contributed by atoms with E-state index < -0.39 is 10.0 Å². The van der Waals surface area contributed by atoms with E-state index in [-0.39, 0.29) is 17.9 Å². The molecular formula is C19H22N2O4S2. The van der Waals surface area contributed by atoms with Crippen molar-refractivity contribution in [2.45, 2.75) is 17.2 Å². The van der Waals surface area contributed by atoms with Gasteiger partial charge in [-0.1, -0.05) is 18.2 Å². The number of benzene rings is 1. The summed E-state index contributed by atoms with van der Waals surface area (Å²) in [6.45, 7) is 3.99. The highest BCUT2D eigenvalue weighted by Crippen LogP contribution is 2.32. The van der Waals surface area contributed by atoms with Crippen LogP contribution in [0.3, 0.4) is 0 Å². The van der Waals surface area contributed by atoms with Crippen LogP contribution in [0.25, 0.3) is 0 Å². The number of aryl methyl sites for hydroxylation is 1. The van der Waals surface area contributed by atoms with Gasteiger partial charge in [-0.25, -0.2) is 8.42 Å². The Bertz CT molecular complexity index is 926. The molecule has 27 heavy (non-hydrogen) atoms. The summed E-state index contributed by atoms with van der Waals surface area (Å²) in [6.07, 6.45) is -0.173. The Labute approximate surface area is 163 Å². The largest absolute Gasteiger partial charge is 0.375 e. The van der Waals surface area contributed by atoms with Gasteiger partial charge in [0.25, 0.3) is 15.9 Å². The van der Waals surface area contributed by atoms with E-state index in [1.54, 1.807) is 22.4 Å². The molecule has 2 aliphatic rings. The van der Waals surface area contributed by atoms with Crippen molar-refractivity contribution in [3.8, 4) is 0 Å². The average Bonchev–Trinajstić information content (AvgIpc) is 3.23. The predicted molar refractivity (Wildman–Crippen MR) is 103 cm³/mol. The number of amides is 1. The maximum atomic E-state index is 13.0. The number of thiophene rings is 1. The van der Waals surface area contributed by atoms with Crippen molar-refractivity contribution in [3.63, 3.8) is 0 Å². The van der Waals surface area contributed by atoms with Crippen LogP contribution in [0.1, 0.15) is 15.9 Å². The molecule has 3 heterocycles. The monoisotopic (exact) mass is 406 g/mol. The zero-order valence-electron chi connectivity index (χ0n) is 15.1. The van der Waals surface area contributed by atoms with Crippen LogP contribution in [0.2, 0.25) is 0 Å². The predicted octanol–water partition coefficient (Wildman–Crippen LogP) is 2.22. The molecule has 2 fully saturated rings. The minimum Gasteiger partial charge on any atom is -0.375 e. The molecule has 0 N–H and O–H groups in total. The fourth-order valence-corrected chi connectivity index (χ4v) is 6.80. The number of rotatable bonds is 3. The molecule has 2 saturated heterocycles. The Kier molecular flexibility index (Phi) is 5.07. The van der Waals surface area contributed by atoms with E-state index in [1.807, 2.05) is 31.2 Å². The molecule has 2 atom stereocenters. The van der Waals surface area contributed by atoms with Gasteiger partial charge in [-0.15, -0.1) is 11.3 Å². The van der Waals surface area contributed by atoms with Crippen LogP contribution in [0.15, 0.2) is 46.0 Å². The number of hydrogen-bond acceptors (Lipinski definition) is 5. The van der Waals surface area contributed by atoms with Crippen molar-refractivity contribution in [3.05, 3.63) is 52.9 Å². The lowest BCUT2D eigenvalue weighted by molar-refractivity contribution is 0.0537. The van der Waals surface area contributed by atoms with E-state index in [1.165, 1.54) is 15.6 Å². The summed E-state index contributed by atoms with van der Waals surface area (Å²) >= 11 is 1.25. The van der Waals surface area contributed by atoms with E-state index in [2.05, 4.69) is 0 Å². The van der Waals surface area contributed by atoms with Crippen LogP contribution in [-0.2, 0) is 14.8 Å². The van der Waals surface area contributed by atoms with E-state index >= 15 is 0 Å². The van der Waals surface area contributed by atoms with Gasteiger partial charge in [0.05, 0.1) is 12.7 Å². The van der Waals surface area contributed by atoms with Crippen LogP contribution in [0, 0.1) is 12.8 Å². The summed E-state index contributed by atoms with van der Waals surface area (Å²) in [5.41, 5.74) is 1.42. The Morgan fingerprint density at radius 2 is 1.93 bits per heavy atom. The molecule has 0 aliphatic carbocycles. The van der Waals surface area contributed by atoms with Crippen molar-refractivity contribution in [2.75, 3.05) is 32.8 Å². The normalized spacial score (nSPS) is 23.8. The summed E-state index contributed by atoms with van der Waals surface area (Å²) in [7, 11) is -3.52. The molecule has 2 aliphatic heterocycles. The number of carbonyl (C=O) groups is 1. The fourth-order valence-electron chi connectivity index (χ4n) is 3.74. The van der Waals surface area contributed by atoms with E-state index in [0.717, 1.165) is 5.56 Å². The molecule has 1 aromatic carbocycles. The molecule has 0 unspecified atom stereocenters. The molecule has 8 heteroatoms. The number of fused-ring (bicyclic) bond motifs is 1. The molecule has 0 saturated carbocycles. The number of carbonyl (C=O) groups excluding carboxylic acids is 1. The van der Waals surface area contributed by atoms with E-state index in [4.69, 9.17) is 4.74 Å². The van der Waals surface area contributed by atoms with Gasteiger partial charge in [-0.3, -0.25) is 4.79 Å². The number of sulfonamides is 1. The summed E-state index contributed by atoms with van der Waals surface area (Å²) in [5.74, 6) is -0.0505. The maximum Gasteiger partial charge on any atom is 0.253 e. The lowest BCUT2D eigenvalue weighted by atomic mass is 10.1. The van der Waals surface area contributed by atoms with Gasteiger partial charge in [0.2, 0.25) is 0 Å². The number of ether oxygens (including phenoxy) is 1. The molecule has 1 aromatic heterocycles. The van der Waals surface area contributed by atoms with Crippen molar-refractivity contribution >= 4 is 27.3 Å². The minimum atomic E-state index is -3.52. The van der Waals surface area contributed by atoms with Crippen LogP contribution in [0.5, 0.6) is 0 Å². The SMILES string of the molecule is Cc1ccsc1S(=O)(=O)N1C[C@@H]2CN(C(=O)c3ccccc3)CCO[C@@H]2C1. The van der Waals surface area contributed by atoms with Crippen LogP contribution >= 0.6 is 11.3 Å². The Balaban J connectivity index is 1.51. The van der Waals surface area contributed by atoms with Gasteiger partial charge in [0.1, 0.15) is 4.21 Å². The summed E-state index contributed by atoms with van der Waals surface area (Å²) in [5, 5.41) is 1.80. The van der Waals surface area contributed by atoms with Gasteiger partial charge in [0.15, 0.2) is 0 Å². The first-order valence-electron chi connectivity index (χ1n) is 8.97.